The number of rotatable bonds is 3. The second kappa shape index (κ2) is 4.84. The third-order valence-electron chi connectivity index (χ3n) is 2.95. The van der Waals surface area contributed by atoms with Crippen molar-refractivity contribution in [1.82, 2.24) is 0 Å². The van der Waals surface area contributed by atoms with E-state index in [0.29, 0.717) is 5.92 Å². The van der Waals surface area contributed by atoms with E-state index in [2.05, 4.69) is 39.8 Å². The third-order valence-corrected chi connectivity index (χ3v) is 3.45. The van der Waals surface area contributed by atoms with Crippen LogP contribution in [0.1, 0.15) is 49.8 Å². The predicted molar refractivity (Wildman–Crippen MR) is 64.3 cm³/mol. The molecule has 78 valence electrons. The van der Waals surface area contributed by atoms with Crippen LogP contribution in [0.15, 0.2) is 12.1 Å². The molecule has 1 aromatic rings. The van der Waals surface area contributed by atoms with E-state index < -0.39 is 0 Å². The Balaban J connectivity index is 3.27. The molecule has 1 rings (SSSR count). The summed E-state index contributed by atoms with van der Waals surface area (Å²) in [6.07, 6.45) is 2.22. The fourth-order valence-electron chi connectivity index (χ4n) is 1.79. The Morgan fingerprint density at radius 1 is 1.29 bits per heavy atom. The van der Waals surface area contributed by atoms with Gasteiger partial charge in [-0.15, -0.1) is 0 Å². The van der Waals surface area contributed by atoms with Gasteiger partial charge in [0.2, 0.25) is 0 Å². The first-order valence-corrected chi connectivity index (χ1v) is 5.77. The van der Waals surface area contributed by atoms with Crippen molar-refractivity contribution in [3.63, 3.8) is 0 Å². The maximum atomic E-state index is 6.35. The topological polar surface area (TPSA) is 0 Å². The van der Waals surface area contributed by atoms with Gasteiger partial charge in [0.05, 0.1) is 0 Å². The van der Waals surface area contributed by atoms with Gasteiger partial charge < -0.3 is 0 Å². The summed E-state index contributed by atoms with van der Waals surface area (Å²) in [5.41, 5.74) is 3.95. The second-order valence-electron chi connectivity index (χ2n) is 3.93. The molecule has 0 spiro atoms. The van der Waals surface area contributed by atoms with Crippen molar-refractivity contribution in [2.75, 3.05) is 0 Å². The summed E-state index contributed by atoms with van der Waals surface area (Å²) >= 11 is 6.35. The maximum Gasteiger partial charge on any atom is 0.0472 e. The second-order valence-corrected chi connectivity index (χ2v) is 4.31. The molecule has 0 aromatic heterocycles. The van der Waals surface area contributed by atoms with Crippen molar-refractivity contribution in [3.05, 3.63) is 33.8 Å². The van der Waals surface area contributed by atoms with Crippen LogP contribution in [0, 0.1) is 6.92 Å². The van der Waals surface area contributed by atoms with Crippen LogP contribution in [0.4, 0.5) is 0 Å². The van der Waals surface area contributed by atoms with Gasteiger partial charge in [0, 0.05) is 5.02 Å². The number of benzene rings is 1. The molecule has 0 radical (unpaired) electrons. The van der Waals surface area contributed by atoms with E-state index in [1.165, 1.54) is 16.7 Å². The minimum atomic E-state index is 0.567. The van der Waals surface area contributed by atoms with Crippen molar-refractivity contribution < 1.29 is 0 Å². The Bertz CT molecular complexity index is 315. The van der Waals surface area contributed by atoms with Crippen LogP contribution < -0.4 is 0 Å². The lowest BCUT2D eigenvalue weighted by Gasteiger charge is -2.17. The highest BCUT2D eigenvalue weighted by molar-refractivity contribution is 6.32. The lowest BCUT2D eigenvalue weighted by Crippen LogP contribution is -2.00. The minimum absolute atomic E-state index is 0.567. The van der Waals surface area contributed by atoms with Gasteiger partial charge in [0.1, 0.15) is 0 Å². The molecule has 14 heavy (non-hydrogen) atoms. The Morgan fingerprint density at radius 2 is 1.93 bits per heavy atom. The molecule has 0 saturated heterocycles. The molecule has 0 amide bonds. The van der Waals surface area contributed by atoms with Crippen molar-refractivity contribution in [3.8, 4) is 0 Å². The van der Waals surface area contributed by atoms with Gasteiger partial charge >= 0.3 is 0 Å². The summed E-state index contributed by atoms with van der Waals surface area (Å²) in [5.74, 6) is 0.567. The van der Waals surface area contributed by atoms with Crippen molar-refractivity contribution >= 4 is 11.6 Å². The normalized spacial score (nSPS) is 12.9. The van der Waals surface area contributed by atoms with Crippen molar-refractivity contribution in [2.24, 2.45) is 0 Å². The summed E-state index contributed by atoms with van der Waals surface area (Å²) in [7, 11) is 0. The Labute approximate surface area is 92.3 Å². The van der Waals surface area contributed by atoms with Gasteiger partial charge in [-0.05, 0) is 42.4 Å². The molecule has 1 heteroatoms. The van der Waals surface area contributed by atoms with Crippen LogP contribution in [0.5, 0.6) is 0 Å². The highest BCUT2D eigenvalue weighted by atomic mass is 35.5. The molecule has 0 aliphatic carbocycles. The molecular formula is C13H19Cl. The molecule has 1 atom stereocenters. The summed E-state index contributed by atoms with van der Waals surface area (Å²) in [6.45, 7) is 8.73. The van der Waals surface area contributed by atoms with E-state index in [0.717, 1.165) is 17.9 Å². The van der Waals surface area contributed by atoms with E-state index in [4.69, 9.17) is 11.6 Å². The van der Waals surface area contributed by atoms with Gasteiger partial charge in [-0.25, -0.2) is 0 Å². The average molecular weight is 211 g/mol. The van der Waals surface area contributed by atoms with E-state index in [-0.39, 0.29) is 0 Å². The van der Waals surface area contributed by atoms with Crippen molar-refractivity contribution in [2.45, 2.75) is 46.5 Å². The number of halogens is 1. The zero-order valence-corrected chi connectivity index (χ0v) is 10.3. The summed E-state index contributed by atoms with van der Waals surface area (Å²) < 4.78 is 0. The summed E-state index contributed by atoms with van der Waals surface area (Å²) in [4.78, 5) is 0. The Hall–Kier alpha value is -0.490. The first-order chi connectivity index (χ1) is 6.61. The zero-order valence-electron chi connectivity index (χ0n) is 9.52. The Kier molecular flexibility index (Phi) is 4.00. The lowest BCUT2D eigenvalue weighted by atomic mass is 9.91. The van der Waals surface area contributed by atoms with Crippen LogP contribution in [0.3, 0.4) is 0 Å². The molecule has 0 nitrogen and oxygen atoms in total. The molecular weight excluding hydrogens is 192 g/mol. The molecule has 0 N–H and O–H groups in total. The quantitative estimate of drug-likeness (QED) is 0.677. The van der Waals surface area contributed by atoms with Crippen LogP contribution >= 0.6 is 11.6 Å². The SMILES string of the molecule is CCc1ccc(C)c(Cl)c1C(C)CC. The monoisotopic (exact) mass is 210 g/mol. The summed E-state index contributed by atoms with van der Waals surface area (Å²) in [5, 5.41) is 0.971. The van der Waals surface area contributed by atoms with Crippen molar-refractivity contribution in [1.29, 1.82) is 0 Å². The predicted octanol–water partition coefficient (Wildman–Crippen LogP) is 4.72. The highest BCUT2D eigenvalue weighted by Gasteiger charge is 2.13. The smallest absolute Gasteiger partial charge is 0.0472 e. The fourth-order valence-corrected chi connectivity index (χ4v) is 2.16. The van der Waals surface area contributed by atoms with Gasteiger partial charge in [-0.1, -0.05) is 44.5 Å². The molecule has 1 unspecified atom stereocenters. The molecule has 0 aliphatic rings. The average Bonchev–Trinajstić information content (AvgIpc) is 2.20. The van der Waals surface area contributed by atoms with E-state index >= 15 is 0 Å². The molecule has 0 saturated carbocycles. The first-order valence-electron chi connectivity index (χ1n) is 5.39. The number of hydrogen-bond acceptors (Lipinski definition) is 0. The number of hydrogen-bond donors (Lipinski definition) is 0. The maximum absolute atomic E-state index is 6.35. The van der Waals surface area contributed by atoms with E-state index in [1.54, 1.807) is 0 Å². The standard InChI is InChI=1S/C13H19Cl/c1-5-9(3)12-11(6-2)8-7-10(4)13(12)14/h7-9H,5-6H2,1-4H3. The number of aryl methyl sites for hydroxylation is 2. The fraction of sp³-hybridized carbons (Fsp3) is 0.538. The highest BCUT2D eigenvalue weighted by Crippen LogP contribution is 2.32. The molecule has 1 aromatic carbocycles. The van der Waals surface area contributed by atoms with E-state index in [9.17, 15) is 0 Å². The van der Waals surface area contributed by atoms with Gasteiger partial charge in [-0.3, -0.25) is 0 Å². The molecule has 0 bridgehead atoms. The lowest BCUT2D eigenvalue weighted by molar-refractivity contribution is 0.723. The van der Waals surface area contributed by atoms with Crippen LogP contribution in [0.25, 0.3) is 0 Å². The van der Waals surface area contributed by atoms with Gasteiger partial charge in [0.25, 0.3) is 0 Å². The minimum Gasteiger partial charge on any atom is -0.0837 e. The summed E-state index contributed by atoms with van der Waals surface area (Å²) in [6, 6.07) is 4.33. The molecule has 0 fully saturated rings. The van der Waals surface area contributed by atoms with Crippen LogP contribution in [0.2, 0.25) is 5.02 Å². The third kappa shape index (κ3) is 2.12. The Morgan fingerprint density at radius 3 is 2.43 bits per heavy atom. The van der Waals surface area contributed by atoms with E-state index in [1.807, 2.05) is 0 Å². The van der Waals surface area contributed by atoms with Crippen LogP contribution in [-0.4, -0.2) is 0 Å². The van der Waals surface area contributed by atoms with Gasteiger partial charge in [-0.2, -0.15) is 0 Å². The molecule has 0 heterocycles. The zero-order chi connectivity index (χ0) is 10.7. The first kappa shape index (κ1) is 11.6. The van der Waals surface area contributed by atoms with Gasteiger partial charge in [0.15, 0.2) is 0 Å². The molecule has 0 aliphatic heterocycles. The largest absolute Gasteiger partial charge is 0.0837 e. The van der Waals surface area contributed by atoms with Crippen LogP contribution in [-0.2, 0) is 6.42 Å².